The quantitative estimate of drug-likeness (QED) is 0.361. The minimum Gasteiger partial charge on any atom is -0.478 e. The second-order valence-electron chi connectivity index (χ2n) is 7.09. The highest BCUT2D eigenvalue weighted by atomic mass is 79.9. The van der Waals surface area contributed by atoms with Gasteiger partial charge in [0.1, 0.15) is 17.1 Å². The number of urea groups is 1. The fourth-order valence-corrected chi connectivity index (χ4v) is 3.74. The molecule has 0 spiro atoms. The summed E-state index contributed by atoms with van der Waals surface area (Å²) in [5, 5.41) is 11.3. The predicted octanol–water partition coefficient (Wildman–Crippen LogP) is 5.04. The van der Waals surface area contributed by atoms with Crippen molar-refractivity contribution < 1.29 is 28.7 Å². The van der Waals surface area contributed by atoms with E-state index in [-0.39, 0.29) is 21.9 Å². The molecule has 0 aliphatic carbocycles. The molecular weight excluding hydrogens is 516 g/mol. The predicted molar refractivity (Wildman–Crippen MR) is 124 cm³/mol. The first-order valence-corrected chi connectivity index (χ1v) is 10.6. The summed E-state index contributed by atoms with van der Waals surface area (Å²) in [5.41, 5.74) is 1.29. The Kier molecular flexibility index (Phi) is 5.92. The van der Waals surface area contributed by atoms with Crippen LogP contribution < -0.4 is 10.2 Å². The summed E-state index contributed by atoms with van der Waals surface area (Å²) in [4.78, 5) is 49.8. The van der Waals surface area contributed by atoms with E-state index in [0.717, 1.165) is 14.9 Å². The van der Waals surface area contributed by atoms with Crippen molar-refractivity contribution in [3.8, 4) is 11.3 Å². The first kappa shape index (κ1) is 22.5. The number of imide groups is 2. The maximum absolute atomic E-state index is 13.0. The molecule has 8 nitrogen and oxygen atoms in total. The van der Waals surface area contributed by atoms with Gasteiger partial charge in [0.25, 0.3) is 11.8 Å². The zero-order chi connectivity index (χ0) is 23.9. The molecule has 4 amide bonds. The molecule has 1 fully saturated rings. The van der Waals surface area contributed by atoms with Crippen molar-refractivity contribution in [1.29, 1.82) is 0 Å². The zero-order valence-electron chi connectivity index (χ0n) is 16.9. The average Bonchev–Trinajstić information content (AvgIpc) is 3.22. The Hall–Kier alpha value is -3.69. The highest BCUT2D eigenvalue weighted by Gasteiger charge is 2.37. The minimum absolute atomic E-state index is 0.0390. The van der Waals surface area contributed by atoms with E-state index in [1.54, 1.807) is 31.2 Å². The van der Waals surface area contributed by atoms with E-state index in [1.807, 2.05) is 0 Å². The number of furan rings is 1. The number of barbiturate groups is 1. The van der Waals surface area contributed by atoms with E-state index in [2.05, 4.69) is 21.2 Å². The smallest absolute Gasteiger partial charge is 0.337 e. The SMILES string of the molecule is Cc1cc(N2C(=O)NC(=O)/C(=C\c3ccc(-c4ccc(C(=O)O)c(Cl)c4)o3)C2=O)ccc1Br. The van der Waals surface area contributed by atoms with Gasteiger partial charge in [-0.15, -0.1) is 0 Å². The lowest BCUT2D eigenvalue weighted by atomic mass is 10.1. The van der Waals surface area contributed by atoms with Gasteiger partial charge in [0, 0.05) is 10.0 Å². The Balaban J connectivity index is 1.66. The minimum atomic E-state index is -1.15. The molecule has 0 atom stereocenters. The number of aromatic carboxylic acids is 1. The number of halogens is 2. The van der Waals surface area contributed by atoms with Crippen LogP contribution in [0, 0.1) is 6.92 Å². The number of nitrogens with zero attached hydrogens (tertiary/aromatic N) is 1. The van der Waals surface area contributed by atoms with E-state index < -0.39 is 23.8 Å². The molecule has 2 aromatic carbocycles. The second kappa shape index (κ2) is 8.68. The second-order valence-corrected chi connectivity index (χ2v) is 8.35. The Bertz CT molecular complexity index is 1380. The van der Waals surface area contributed by atoms with Crippen molar-refractivity contribution in [2.24, 2.45) is 0 Å². The summed E-state index contributed by atoms with van der Waals surface area (Å²) in [6, 6.07) is 11.5. The molecule has 0 saturated carbocycles. The number of nitrogens with one attached hydrogen (secondary N) is 1. The van der Waals surface area contributed by atoms with Gasteiger partial charge in [-0.05, 0) is 61.0 Å². The molecule has 1 aliphatic rings. The normalized spacial score (nSPS) is 15.2. The van der Waals surface area contributed by atoms with Crippen molar-refractivity contribution in [1.82, 2.24) is 5.32 Å². The molecule has 4 rings (SSSR count). The van der Waals surface area contributed by atoms with Crippen LogP contribution in [-0.4, -0.2) is 28.9 Å². The highest BCUT2D eigenvalue weighted by molar-refractivity contribution is 9.10. The Morgan fingerprint density at radius 1 is 1.12 bits per heavy atom. The summed E-state index contributed by atoms with van der Waals surface area (Å²) in [6.07, 6.45) is 1.24. The molecule has 10 heteroatoms. The van der Waals surface area contributed by atoms with Gasteiger partial charge in [0.2, 0.25) is 0 Å². The average molecular weight is 530 g/mol. The Morgan fingerprint density at radius 3 is 2.55 bits per heavy atom. The summed E-state index contributed by atoms with van der Waals surface area (Å²) in [5.74, 6) is -2.26. The molecule has 0 unspecified atom stereocenters. The molecule has 2 heterocycles. The van der Waals surface area contributed by atoms with Crippen LogP contribution in [0.25, 0.3) is 17.4 Å². The highest BCUT2D eigenvalue weighted by Crippen LogP contribution is 2.30. The molecule has 1 aromatic heterocycles. The van der Waals surface area contributed by atoms with Crippen LogP contribution in [0.3, 0.4) is 0 Å². The van der Waals surface area contributed by atoms with Crippen LogP contribution in [0.1, 0.15) is 21.7 Å². The van der Waals surface area contributed by atoms with Crippen molar-refractivity contribution in [2.45, 2.75) is 6.92 Å². The number of carbonyl (C=O) groups excluding carboxylic acids is 3. The third-order valence-electron chi connectivity index (χ3n) is 4.90. The molecule has 0 radical (unpaired) electrons. The number of rotatable bonds is 4. The van der Waals surface area contributed by atoms with E-state index >= 15 is 0 Å². The number of benzene rings is 2. The maximum atomic E-state index is 13.0. The number of aryl methyl sites for hydroxylation is 1. The van der Waals surface area contributed by atoms with Gasteiger partial charge in [0.05, 0.1) is 16.3 Å². The molecule has 3 aromatic rings. The van der Waals surface area contributed by atoms with Gasteiger partial charge in [-0.2, -0.15) is 0 Å². The zero-order valence-corrected chi connectivity index (χ0v) is 19.2. The standard InChI is InChI=1S/C23H14BrClN2O6/c1-11-8-13(3-6-17(11)24)27-21(29)16(20(28)26-23(27)32)10-14-4-7-19(33-14)12-2-5-15(22(30)31)18(25)9-12/h2-10H,1H3,(H,30,31)(H,26,28,32)/b16-10+. The molecule has 1 aliphatic heterocycles. The van der Waals surface area contributed by atoms with E-state index in [0.29, 0.717) is 17.0 Å². The lowest BCUT2D eigenvalue weighted by Crippen LogP contribution is -2.54. The van der Waals surface area contributed by atoms with E-state index in [4.69, 9.17) is 21.1 Å². The third-order valence-corrected chi connectivity index (χ3v) is 6.10. The molecule has 2 N–H and O–H groups in total. The van der Waals surface area contributed by atoms with Crippen LogP contribution in [0.2, 0.25) is 5.02 Å². The van der Waals surface area contributed by atoms with Gasteiger partial charge >= 0.3 is 12.0 Å². The van der Waals surface area contributed by atoms with E-state index in [1.165, 1.54) is 30.3 Å². The van der Waals surface area contributed by atoms with Gasteiger partial charge in [-0.25, -0.2) is 14.5 Å². The fraction of sp³-hybridized carbons (Fsp3) is 0.0435. The van der Waals surface area contributed by atoms with Crippen LogP contribution in [0.4, 0.5) is 10.5 Å². The van der Waals surface area contributed by atoms with Crippen LogP contribution in [0.15, 0.2) is 63.0 Å². The molecular formula is C23H14BrClN2O6. The summed E-state index contributed by atoms with van der Waals surface area (Å²) in [7, 11) is 0. The van der Waals surface area contributed by atoms with Crippen molar-refractivity contribution >= 4 is 63.1 Å². The third kappa shape index (κ3) is 4.33. The first-order chi connectivity index (χ1) is 15.7. The summed E-state index contributed by atoms with van der Waals surface area (Å²) < 4.78 is 6.51. The van der Waals surface area contributed by atoms with Crippen LogP contribution in [-0.2, 0) is 9.59 Å². The lowest BCUT2D eigenvalue weighted by molar-refractivity contribution is -0.122. The van der Waals surface area contributed by atoms with Crippen molar-refractivity contribution in [2.75, 3.05) is 4.90 Å². The largest absolute Gasteiger partial charge is 0.478 e. The van der Waals surface area contributed by atoms with Gasteiger partial charge in [0.15, 0.2) is 0 Å². The van der Waals surface area contributed by atoms with Gasteiger partial charge in [-0.3, -0.25) is 14.9 Å². The number of anilines is 1. The number of carbonyl (C=O) groups is 4. The van der Waals surface area contributed by atoms with E-state index in [9.17, 15) is 19.2 Å². The molecule has 166 valence electrons. The maximum Gasteiger partial charge on any atom is 0.337 e. The Morgan fingerprint density at radius 2 is 1.88 bits per heavy atom. The van der Waals surface area contributed by atoms with Gasteiger partial charge < -0.3 is 9.52 Å². The Labute approximate surface area is 200 Å². The van der Waals surface area contributed by atoms with Gasteiger partial charge in [-0.1, -0.05) is 33.6 Å². The monoisotopic (exact) mass is 528 g/mol. The first-order valence-electron chi connectivity index (χ1n) is 9.46. The van der Waals surface area contributed by atoms with Crippen molar-refractivity contribution in [3.63, 3.8) is 0 Å². The lowest BCUT2D eigenvalue weighted by Gasteiger charge is -2.26. The number of hydrogen-bond acceptors (Lipinski definition) is 5. The number of amides is 4. The molecule has 0 bridgehead atoms. The number of carboxylic acids is 1. The fourth-order valence-electron chi connectivity index (χ4n) is 3.23. The molecule has 33 heavy (non-hydrogen) atoms. The van der Waals surface area contributed by atoms with Crippen molar-refractivity contribution in [3.05, 3.63) is 80.5 Å². The number of hydrogen-bond donors (Lipinski definition) is 2. The van der Waals surface area contributed by atoms with Crippen LogP contribution >= 0.6 is 27.5 Å². The summed E-state index contributed by atoms with van der Waals surface area (Å²) >= 11 is 9.38. The van der Waals surface area contributed by atoms with Crippen LogP contribution in [0.5, 0.6) is 0 Å². The number of carboxylic acid groups (broad SMARTS) is 1. The topological polar surface area (TPSA) is 117 Å². The molecule has 1 saturated heterocycles. The summed E-state index contributed by atoms with van der Waals surface area (Å²) in [6.45, 7) is 1.81.